The standard InChI is InChI=1S/C21H23FN2O3/c1-21(2,3)20(14-8-10-15(22)11-9-14)23-18(25)12-24-16-6-4-5-7-17(16)27-13-19(24)26/h4-11,20H,12-13H2,1-3H3,(H,23,25)/t20-/m1/s1. The molecule has 2 aromatic carbocycles. The summed E-state index contributed by atoms with van der Waals surface area (Å²) in [7, 11) is 0. The number of para-hydroxylation sites is 2. The quantitative estimate of drug-likeness (QED) is 0.897. The maximum atomic E-state index is 13.3. The molecule has 1 heterocycles. The van der Waals surface area contributed by atoms with Crippen molar-refractivity contribution in [1.29, 1.82) is 0 Å². The summed E-state index contributed by atoms with van der Waals surface area (Å²) in [6.45, 7) is 5.79. The van der Waals surface area contributed by atoms with Crippen molar-refractivity contribution in [3.05, 3.63) is 59.9 Å². The van der Waals surface area contributed by atoms with Crippen molar-refractivity contribution in [2.24, 2.45) is 5.41 Å². The Labute approximate surface area is 158 Å². The monoisotopic (exact) mass is 370 g/mol. The molecule has 0 spiro atoms. The minimum atomic E-state index is -0.326. The maximum Gasteiger partial charge on any atom is 0.265 e. The van der Waals surface area contributed by atoms with Crippen molar-refractivity contribution in [3.63, 3.8) is 0 Å². The molecule has 0 saturated heterocycles. The highest BCUT2D eigenvalue weighted by atomic mass is 19.1. The highest BCUT2D eigenvalue weighted by molar-refractivity contribution is 6.02. The van der Waals surface area contributed by atoms with E-state index >= 15 is 0 Å². The number of ether oxygens (including phenoxy) is 1. The normalized spacial score (nSPS) is 15.0. The van der Waals surface area contributed by atoms with E-state index in [4.69, 9.17) is 4.74 Å². The Morgan fingerprint density at radius 2 is 1.85 bits per heavy atom. The molecule has 1 aliphatic rings. The van der Waals surface area contributed by atoms with Crippen LogP contribution in [0.5, 0.6) is 5.75 Å². The summed E-state index contributed by atoms with van der Waals surface area (Å²) in [4.78, 5) is 26.4. The first-order valence-corrected chi connectivity index (χ1v) is 8.83. The summed E-state index contributed by atoms with van der Waals surface area (Å²) in [5.74, 6) is -0.300. The number of carbonyl (C=O) groups is 2. The van der Waals surface area contributed by atoms with Gasteiger partial charge < -0.3 is 10.1 Å². The van der Waals surface area contributed by atoms with Crippen LogP contribution in [0.2, 0.25) is 0 Å². The Morgan fingerprint density at radius 1 is 1.19 bits per heavy atom. The Balaban J connectivity index is 1.79. The minimum absolute atomic E-state index is 0.0923. The third-order valence-corrected chi connectivity index (χ3v) is 4.48. The summed E-state index contributed by atoms with van der Waals surface area (Å²) in [6.07, 6.45) is 0. The third kappa shape index (κ3) is 4.27. The van der Waals surface area contributed by atoms with E-state index in [0.717, 1.165) is 5.56 Å². The van der Waals surface area contributed by atoms with Gasteiger partial charge in [0.25, 0.3) is 5.91 Å². The topological polar surface area (TPSA) is 58.6 Å². The first-order valence-electron chi connectivity index (χ1n) is 8.83. The largest absolute Gasteiger partial charge is 0.482 e. The van der Waals surface area contributed by atoms with Crippen LogP contribution in [0, 0.1) is 11.2 Å². The van der Waals surface area contributed by atoms with Crippen LogP contribution in [0.1, 0.15) is 32.4 Å². The van der Waals surface area contributed by atoms with Crippen LogP contribution >= 0.6 is 0 Å². The zero-order valence-electron chi connectivity index (χ0n) is 15.7. The molecule has 27 heavy (non-hydrogen) atoms. The Kier molecular flexibility index (Phi) is 5.17. The van der Waals surface area contributed by atoms with Crippen LogP contribution < -0.4 is 15.0 Å². The van der Waals surface area contributed by atoms with Crippen molar-refractivity contribution in [2.45, 2.75) is 26.8 Å². The molecule has 1 N–H and O–H groups in total. The lowest BCUT2D eigenvalue weighted by molar-refractivity contribution is -0.126. The molecule has 0 bridgehead atoms. The van der Waals surface area contributed by atoms with Gasteiger partial charge >= 0.3 is 0 Å². The zero-order chi connectivity index (χ0) is 19.6. The van der Waals surface area contributed by atoms with Gasteiger partial charge in [-0.25, -0.2) is 4.39 Å². The molecule has 0 saturated carbocycles. The predicted molar refractivity (Wildman–Crippen MR) is 101 cm³/mol. The second-order valence-corrected chi connectivity index (χ2v) is 7.65. The lowest BCUT2D eigenvalue weighted by Gasteiger charge is -2.34. The molecule has 2 amide bonds. The van der Waals surface area contributed by atoms with Gasteiger partial charge in [0.15, 0.2) is 6.61 Å². The summed E-state index contributed by atoms with van der Waals surface area (Å²) in [6, 6.07) is 12.9. The zero-order valence-corrected chi connectivity index (χ0v) is 15.7. The SMILES string of the molecule is CC(C)(C)[C@H](NC(=O)CN1C(=O)COc2ccccc21)c1ccc(F)cc1. The van der Waals surface area contributed by atoms with Crippen LogP contribution in [-0.4, -0.2) is 25.0 Å². The van der Waals surface area contributed by atoms with Crippen LogP contribution in [0.3, 0.4) is 0 Å². The van der Waals surface area contributed by atoms with Crippen LogP contribution in [0.25, 0.3) is 0 Å². The van der Waals surface area contributed by atoms with Crippen molar-refractivity contribution in [1.82, 2.24) is 5.32 Å². The van der Waals surface area contributed by atoms with Gasteiger partial charge in [-0.15, -0.1) is 0 Å². The molecular weight excluding hydrogens is 347 g/mol. The van der Waals surface area contributed by atoms with Crippen molar-refractivity contribution in [2.75, 3.05) is 18.1 Å². The molecule has 6 heteroatoms. The van der Waals surface area contributed by atoms with E-state index in [-0.39, 0.29) is 42.2 Å². The Bertz CT molecular complexity index is 843. The average molecular weight is 370 g/mol. The number of fused-ring (bicyclic) bond motifs is 1. The van der Waals surface area contributed by atoms with Gasteiger partial charge in [0, 0.05) is 0 Å². The van der Waals surface area contributed by atoms with Gasteiger partial charge in [0.1, 0.15) is 18.1 Å². The highest BCUT2D eigenvalue weighted by Gasteiger charge is 2.31. The molecule has 0 unspecified atom stereocenters. The highest BCUT2D eigenvalue weighted by Crippen LogP contribution is 2.34. The number of halogens is 1. The molecule has 1 aliphatic heterocycles. The molecule has 0 fully saturated rings. The summed E-state index contributed by atoms with van der Waals surface area (Å²) in [5, 5.41) is 3.00. The third-order valence-electron chi connectivity index (χ3n) is 4.48. The number of hydrogen-bond donors (Lipinski definition) is 1. The van der Waals surface area contributed by atoms with Gasteiger partial charge in [-0.05, 0) is 35.2 Å². The van der Waals surface area contributed by atoms with E-state index in [1.54, 1.807) is 30.3 Å². The molecule has 0 aromatic heterocycles. The maximum absolute atomic E-state index is 13.3. The number of nitrogens with one attached hydrogen (secondary N) is 1. The van der Waals surface area contributed by atoms with E-state index in [2.05, 4.69) is 5.32 Å². The number of hydrogen-bond acceptors (Lipinski definition) is 3. The van der Waals surface area contributed by atoms with Crippen molar-refractivity contribution < 1.29 is 18.7 Å². The molecule has 142 valence electrons. The van der Waals surface area contributed by atoms with Crippen LogP contribution in [0.15, 0.2) is 48.5 Å². The molecule has 5 nitrogen and oxygen atoms in total. The smallest absolute Gasteiger partial charge is 0.265 e. The molecule has 3 rings (SSSR count). The van der Waals surface area contributed by atoms with E-state index in [0.29, 0.717) is 11.4 Å². The lowest BCUT2D eigenvalue weighted by atomic mass is 9.82. The lowest BCUT2D eigenvalue weighted by Crippen LogP contribution is -2.47. The predicted octanol–water partition coefficient (Wildman–Crippen LogP) is 3.45. The fraction of sp³-hybridized carbons (Fsp3) is 0.333. The van der Waals surface area contributed by atoms with Gasteiger partial charge in [-0.1, -0.05) is 45.0 Å². The van der Waals surface area contributed by atoms with E-state index in [1.165, 1.54) is 17.0 Å². The number of nitrogens with zero attached hydrogens (tertiary/aromatic N) is 1. The molecule has 0 radical (unpaired) electrons. The fourth-order valence-electron chi connectivity index (χ4n) is 3.13. The molecule has 2 aromatic rings. The van der Waals surface area contributed by atoms with Gasteiger partial charge in [0.2, 0.25) is 5.91 Å². The van der Waals surface area contributed by atoms with E-state index < -0.39 is 0 Å². The van der Waals surface area contributed by atoms with E-state index in [1.807, 2.05) is 26.8 Å². The first-order chi connectivity index (χ1) is 12.8. The summed E-state index contributed by atoms with van der Waals surface area (Å²) >= 11 is 0. The van der Waals surface area contributed by atoms with Gasteiger partial charge in [-0.3, -0.25) is 14.5 Å². The number of benzene rings is 2. The van der Waals surface area contributed by atoms with Crippen molar-refractivity contribution in [3.8, 4) is 5.75 Å². The fourth-order valence-corrected chi connectivity index (χ4v) is 3.13. The van der Waals surface area contributed by atoms with Gasteiger partial charge in [-0.2, -0.15) is 0 Å². The molecular formula is C21H23FN2O3. The second kappa shape index (κ2) is 7.39. The van der Waals surface area contributed by atoms with Gasteiger partial charge in [0.05, 0.1) is 11.7 Å². The number of amides is 2. The average Bonchev–Trinajstić information content (AvgIpc) is 2.62. The minimum Gasteiger partial charge on any atom is -0.482 e. The summed E-state index contributed by atoms with van der Waals surface area (Å²) < 4.78 is 18.7. The van der Waals surface area contributed by atoms with E-state index in [9.17, 15) is 14.0 Å². The number of carbonyl (C=O) groups excluding carboxylic acids is 2. The van der Waals surface area contributed by atoms with Crippen LogP contribution in [0.4, 0.5) is 10.1 Å². The second-order valence-electron chi connectivity index (χ2n) is 7.65. The Hall–Kier alpha value is -2.89. The number of rotatable bonds is 4. The first kappa shape index (κ1) is 18.9. The molecule has 0 aliphatic carbocycles. The number of anilines is 1. The van der Waals surface area contributed by atoms with Crippen LogP contribution in [-0.2, 0) is 9.59 Å². The molecule has 1 atom stereocenters. The van der Waals surface area contributed by atoms with Crippen molar-refractivity contribution >= 4 is 17.5 Å². The Morgan fingerprint density at radius 3 is 2.52 bits per heavy atom. The summed E-state index contributed by atoms with van der Waals surface area (Å²) in [5.41, 5.74) is 1.10.